The summed E-state index contributed by atoms with van der Waals surface area (Å²) in [6.45, 7) is 3.06. The topological polar surface area (TPSA) is 170 Å². The van der Waals surface area contributed by atoms with Crippen molar-refractivity contribution in [1.82, 2.24) is 0 Å². The van der Waals surface area contributed by atoms with Crippen molar-refractivity contribution in [3.63, 3.8) is 0 Å². The number of aryl methyl sites for hydroxylation is 2. The summed E-state index contributed by atoms with van der Waals surface area (Å²) >= 11 is 0. The van der Waals surface area contributed by atoms with Crippen molar-refractivity contribution in [3.8, 4) is 23.0 Å². The van der Waals surface area contributed by atoms with E-state index in [2.05, 4.69) is 0 Å². The van der Waals surface area contributed by atoms with Crippen LogP contribution < -0.4 is 33.5 Å². The SMILES string of the molecule is COc1ccc(S(=O)(=O)Cl)c(OC)c1OC(=O)c1c2ccccc2[n+](C)c2ccccc12.Cc1ccc(S(=O)(=O)Cl)c(C)c1OCC1(C(=O)[O-])c2ccccc2N(C)c2ccccc21. The van der Waals surface area contributed by atoms with Crippen molar-refractivity contribution in [2.75, 3.05) is 32.8 Å². The summed E-state index contributed by atoms with van der Waals surface area (Å²) in [6.07, 6.45) is 0. The third-order valence-electron chi connectivity index (χ3n) is 11.2. The minimum atomic E-state index is -4.17. The van der Waals surface area contributed by atoms with E-state index in [1.54, 1.807) is 44.2 Å². The van der Waals surface area contributed by atoms with E-state index in [1.165, 1.54) is 32.4 Å². The highest BCUT2D eigenvalue weighted by Crippen LogP contribution is 2.49. The number of carboxylic acids is 1. The van der Waals surface area contributed by atoms with Crippen LogP contribution in [0, 0.1) is 13.8 Å². The molecule has 0 saturated heterocycles. The third-order valence-corrected chi connectivity index (χ3v) is 14.1. The van der Waals surface area contributed by atoms with Gasteiger partial charge >= 0.3 is 5.97 Å². The van der Waals surface area contributed by atoms with Gasteiger partial charge in [0, 0.05) is 57.5 Å². The van der Waals surface area contributed by atoms with E-state index in [0.717, 1.165) is 22.4 Å². The number of esters is 1. The van der Waals surface area contributed by atoms with Crippen LogP contribution in [-0.2, 0) is 35.4 Å². The Bertz CT molecular complexity index is 3150. The largest absolute Gasteiger partial charge is 0.549 e. The molecule has 330 valence electrons. The standard InChI is InChI=1S/C24H22ClNO5S.C23H19ClNO6S/c1-15-12-13-21(32(25,29)30)16(2)22(15)31-14-24(23(27)28)17-8-4-6-10-19(17)26(3)20-11-7-5-9-18(20)24;1-25-16-10-6-4-8-14(16)20(15-9-5-7-11-17(15)25)23(26)31-21-18(29-2)12-13-19(22(21)30-3)32(24,27)28/h4-13H,14H2,1-3H3,(H,27,28);4-13H,1-3H3/q;+1/p-1. The number of halogens is 2. The van der Waals surface area contributed by atoms with Gasteiger partial charge < -0.3 is 33.7 Å². The molecule has 0 amide bonds. The molecule has 1 aromatic heterocycles. The predicted octanol–water partition coefficient (Wildman–Crippen LogP) is 7.41. The Morgan fingerprint density at radius 3 is 1.67 bits per heavy atom. The molecule has 0 spiro atoms. The maximum atomic E-state index is 13.5. The zero-order valence-electron chi connectivity index (χ0n) is 35.2. The number of carbonyl (C=O) groups excluding carboxylic acids is 2. The first-order valence-electron chi connectivity index (χ1n) is 19.4. The number of aromatic nitrogens is 1. The van der Waals surface area contributed by atoms with Crippen LogP contribution in [-0.4, -0.2) is 56.6 Å². The molecule has 13 nitrogen and oxygen atoms in total. The Morgan fingerprint density at radius 2 is 1.17 bits per heavy atom. The van der Waals surface area contributed by atoms with Crippen LogP contribution in [0.25, 0.3) is 21.8 Å². The number of ether oxygens (including phenoxy) is 4. The number of nitrogens with zero attached hydrogens (tertiary/aromatic N) is 2. The number of benzene rings is 6. The summed E-state index contributed by atoms with van der Waals surface area (Å²) in [5.74, 6) is -2.00. The lowest BCUT2D eigenvalue weighted by atomic mass is 9.71. The van der Waals surface area contributed by atoms with Crippen LogP contribution >= 0.6 is 21.4 Å². The van der Waals surface area contributed by atoms with E-state index in [4.69, 9.17) is 40.3 Å². The molecular formula is C47H40Cl2N2O11S2. The van der Waals surface area contributed by atoms with Crippen molar-refractivity contribution in [3.05, 3.63) is 149 Å². The molecular weight excluding hydrogens is 904 g/mol. The monoisotopic (exact) mass is 942 g/mol. The van der Waals surface area contributed by atoms with E-state index in [1.807, 2.05) is 96.4 Å². The molecule has 2 heterocycles. The summed E-state index contributed by atoms with van der Waals surface area (Å²) in [7, 11) is 9.37. The summed E-state index contributed by atoms with van der Waals surface area (Å²) in [6, 6.07) is 34.9. The molecule has 0 radical (unpaired) electrons. The van der Waals surface area contributed by atoms with Gasteiger partial charge in [-0.05, 0) is 73.0 Å². The lowest BCUT2D eigenvalue weighted by Crippen LogP contribution is -2.53. The van der Waals surface area contributed by atoms with Crippen LogP contribution in [0.15, 0.2) is 131 Å². The smallest absolute Gasteiger partial charge is 0.345 e. The number of methoxy groups -OCH3 is 2. The first-order chi connectivity index (χ1) is 30.4. The molecule has 0 N–H and O–H groups in total. The van der Waals surface area contributed by atoms with Crippen LogP contribution in [0.2, 0.25) is 0 Å². The van der Waals surface area contributed by atoms with Crippen molar-refractivity contribution < 1.29 is 55.0 Å². The third kappa shape index (κ3) is 8.04. The Hall–Kier alpha value is -6.39. The number of aliphatic carboxylic acids is 1. The average molecular weight is 944 g/mol. The molecule has 0 atom stereocenters. The van der Waals surface area contributed by atoms with E-state index >= 15 is 0 Å². The van der Waals surface area contributed by atoms with Crippen LogP contribution in [0.5, 0.6) is 23.0 Å². The summed E-state index contributed by atoms with van der Waals surface area (Å²) in [5.41, 5.74) is 3.90. The molecule has 17 heteroatoms. The normalized spacial score (nSPS) is 13.0. The van der Waals surface area contributed by atoms with Crippen molar-refractivity contribution in [1.29, 1.82) is 0 Å². The van der Waals surface area contributed by atoms with Gasteiger partial charge in [-0.1, -0.05) is 66.7 Å². The number of para-hydroxylation sites is 4. The van der Waals surface area contributed by atoms with Crippen LogP contribution in [0.4, 0.5) is 11.4 Å². The Labute approximate surface area is 378 Å². The molecule has 0 bridgehead atoms. The number of carboxylic acid groups (broad SMARTS) is 1. The maximum Gasteiger partial charge on any atom is 0.345 e. The highest BCUT2D eigenvalue weighted by molar-refractivity contribution is 8.14. The zero-order chi connectivity index (χ0) is 46.3. The molecule has 8 rings (SSSR count). The number of hydrogen-bond acceptors (Lipinski definition) is 12. The predicted molar refractivity (Wildman–Crippen MR) is 241 cm³/mol. The molecule has 0 unspecified atom stereocenters. The fraction of sp³-hybridized carbons (Fsp3) is 0.170. The second-order valence-corrected chi connectivity index (χ2v) is 19.8. The highest BCUT2D eigenvalue weighted by Gasteiger charge is 2.45. The van der Waals surface area contributed by atoms with Crippen LogP contribution in [0.3, 0.4) is 0 Å². The Morgan fingerprint density at radius 1 is 0.672 bits per heavy atom. The summed E-state index contributed by atoms with van der Waals surface area (Å²) < 4.78 is 72.3. The first kappa shape index (κ1) is 45.6. The van der Waals surface area contributed by atoms with Gasteiger partial charge in [-0.25, -0.2) is 21.6 Å². The highest BCUT2D eigenvalue weighted by atomic mass is 35.7. The Kier molecular flexibility index (Phi) is 12.6. The fourth-order valence-electron chi connectivity index (χ4n) is 8.20. The minimum Gasteiger partial charge on any atom is -0.549 e. The average Bonchev–Trinajstić information content (AvgIpc) is 3.26. The van der Waals surface area contributed by atoms with Gasteiger partial charge in [-0.15, -0.1) is 0 Å². The van der Waals surface area contributed by atoms with E-state index in [-0.39, 0.29) is 39.4 Å². The van der Waals surface area contributed by atoms with Crippen molar-refractivity contribution >= 4 is 84.6 Å². The van der Waals surface area contributed by atoms with Crippen molar-refractivity contribution in [2.24, 2.45) is 7.05 Å². The number of hydrogen-bond donors (Lipinski definition) is 0. The van der Waals surface area contributed by atoms with Gasteiger partial charge in [0.05, 0.1) is 46.8 Å². The summed E-state index contributed by atoms with van der Waals surface area (Å²) in [4.78, 5) is 27.8. The zero-order valence-corrected chi connectivity index (χ0v) is 38.4. The van der Waals surface area contributed by atoms with Gasteiger partial charge in [0.1, 0.15) is 24.3 Å². The number of pyridine rings is 1. The Balaban J connectivity index is 0.000000191. The molecule has 6 aromatic carbocycles. The maximum absolute atomic E-state index is 13.5. The minimum absolute atomic E-state index is 0.0774. The molecule has 0 fully saturated rings. The number of rotatable bonds is 10. The number of anilines is 2. The van der Waals surface area contributed by atoms with E-state index in [9.17, 15) is 31.5 Å². The van der Waals surface area contributed by atoms with E-state index < -0.39 is 35.5 Å². The molecule has 0 aliphatic carbocycles. The molecule has 0 saturated carbocycles. The van der Waals surface area contributed by atoms with Gasteiger partial charge in [-0.3, -0.25) is 0 Å². The van der Waals surface area contributed by atoms with Gasteiger partial charge in [0.2, 0.25) is 16.8 Å². The lowest BCUT2D eigenvalue weighted by molar-refractivity contribution is -0.617. The number of fused-ring (bicyclic) bond motifs is 4. The molecule has 64 heavy (non-hydrogen) atoms. The second kappa shape index (κ2) is 17.6. The molecule has 1 aliphatic rings. The number of carbonyl (C=O) groups is 2. The van der Waals surface area contributed by atoms with Crippen molar-refractivity contribution in [2.45, 2.75) is 29.1 Å². The first-order valence-corrected chi connectivity index (χ1v) is 24.0. The second-order valence-electron chi connectivity index (χ2n) is 14.8. The molecule has 1 aliphatic heterocycles. The van der Waals surface area contributed by atoms with Gasteiger partial charge in [-0.2, -0.15) is 4.57 Å². The quantitative estimate of drug-likeness (QED) is 0.0438. The molecule has 7 aromatic rings. The summed E-state index contributed by atoms with van der Waals surface area (Å²) in [5, 5.41) is 14.2. The lowest BCUT2D eigenvalue weighted by Gasteiger charge is -2.44. The van der Waals surface area contributed by atoms with E-state index in [0.29, 0.717) is 38.6 Å². The van der Waals surface area contributed by atoms with Crippen LogP contribution in [0.1, 0.15) is 32.6 Å². The fourth-order valence-corrected chi connectivity index (χ4v) is 10.4. The van der Waals surface area contributed by atoms with Gasteiger partial charge in [0.25, 0.3) is 18.1 Å². The van der Waals surface area contributed by atoms with Gasteiger partial charge in [0.15, 0.2) is 11.5 Å².